The minimum absolute atomic E-state index is 0.358. The molecule has 0 rings (SSSR count). The van der Waals surface area contributed by atoms with Gasteiger partial charge in [0.2, 0.25) is 1.43 Å². The highest BCUT2D eigenvalue weighted by Crippen LogP contribution is 1.97. The fraction of sp³-hybridized carbons (Fsp3) is 0.857. The minimum atomic E-state index is -2.50. The van der Waals surface area contributed by atoms with Gasteiger partial charge >= 0.3 is 0 Å². The molecular formula is C7H15NO3. The van der Waals surface area contributed by atoms with E-state index < -0.39 is 25.0 Å². The van der Waals surface area contributed by atoms with Crippen LogP contribution in [0.5, 0.6) is 0 Å². The van der Waals surface area contributed by atoms with E-state index in [9.17, 15) is 9.90 Å². The summed E-state index contributed by atoms with van der Waals surface area (Å²) in [7, 11) is 4.33. The normalized spacial score (nSPS) is 23.9. The highest BCUT2D eigenvalue weighted by Gasteiger charge is 2.14. The lowest BCUT2D eigenvalue weighted by Crippen LogP contribution is -2.43. The third-order valence-corrected chi connectivity index (χ3v) is 0.765. The topological polar surface area (TPSA) is 60.4 Å². The number of carboxylic acid groups (broad SMARTS) is 1. The largest absolute Gasteiger partial charge is 0.550 e. The number of aliphatic carboxylic acids is 1. The molecule has 1 atom stereocenters. The van der Waals surface area contributed by atoms with Crippen molar-refractivity contribution >= 4 is 5.97 Å². The van der Waals surface area contributed by atoms with Crippen molar-refractivity contribution < 1.29 is 23.6 Å². The van der Waals surface area contributed by atoms with Gasteiger partial charge in [-0.05, 0) is 0 Å². The molecule has 0 bridgehead atoms. The molecule has 0 aliphatic rings. The van der Waals surface area contributed by atoms with Crippen LogP contribution in [0.3, 0.4) is 0 Å². The Morgan fingerprint density at radius 1 is 1.91 bits per heavy atom. The van der Waals surface area contributed by atoms with E-state index in [-0.39, 0.29) is 4.48 Å². The van der Waals surface area contributed by atoms with Gasteiger partial charge in [-0.3, -0.25) is 0 Å². The smallest absolute Gasteiger partial charge is 0.211 e. The zero-order valence-electron chi connectivity index (χ0n) is 10.9. The number of hydrogen-bond donors (Lipinski definition) is 1. The van der Waals surface area contributed by atoms with E-state index in [4.69, 9.17) is 5.54 Å². The molecule has 66 valence electrons. The van der Waals surface area contributed by atoms with Crippen LogP contribution in [-0.2, 0) is 4.79 Å². The Morgan fingerprint density at radius 2 is 2.45 bits per heavy atom. The minimum Gasteiger partial charge on any atom is -0.550 e. The summed E-state index contributed by atoms with van der Waals surface area (Å²) in [5, 5.41) is 14.3. The van der Waals surface area contributed by atoms with Crippen molar-refractivity contribution in [2.75, 3.05) is 27.6 Å². The molecule has 0 aliphatic carbocycles. The standard InChI is InChI=1S/C7H15NO3/c1-8(2,3)5-6(9)4-7(10)11/h6,9H,4-5H2,1-3H3/t6-/m0/s1/i5D2,6D,9D. The Balaban J connectivity index is 5.18. The van der Waals surface area contributed by atoms with Crippen molar-refractivity contribution in [1.82, 2.24) is 0 Å². The molecule has 4 nitrogen and oxygen atoms in total. The summed E-state index contributed by atoms with van der Waals surface area (Å²) in [4.78, 5) is 10.4. The first-order chi connectivity index (χ1) is 6.48. The Hall–Kier alpha value is -0.610. The van der Waals surface area contributed by atoms with E-state index in [2.05, 4.69) is 5.11 Å². The average molecular weight is 165 g/mol. The second kappa shape index (κ2) is 3.69. The van der Waals surface area contributed by atoms with Crippen LogP contribution < -0.4 is 5.11 Å². The average Bonchev–Trinajstić information content (AvgIpc) is 2.00. The van der Waals surface area contributed by atoms with Crippen molar-refractivity contribution in [3.8, 4) is 0 Å². The second-order valence-corrected chi connectivity index (χ2v) is 3.10. The zero-order valence-corrected chi connectivity index (χ0v) is 6.88. The van der Waals surface area contributed by atoms with E-state index in [0.29, 0.717) is 0 Å². The van der Waals surface area contributed by atoms with Gasteiger partial charge in [0, 0.05) is 12.4 Å². The number of rotatable bonds is 5. The number of carbonyl (C=O) groups is 1. The van der Waals surface area contributed by atoms with Crippen molar-refractivity contribution in [2.45, 2.75) is 12.5 Å². The van der Waals surface area contributed by atoms with Gasteiger partial charge in [0.15, 0.2) is 0 Å². The summed E-state index contributed by atoms with van der Waals surface area (Å²) in [5.74, 6) is -1.63. The SMILES string of the molecule is [2H]O[C@@]([2H])(CC(=O)[O-])C([2H])([2H])[N+](C)(C)C. The van der Waals surface area contributed by atoms with Crippen LogP contribution >= 0.6 is 0 Å². The van der Waals surface area contributed by atoms with Gasteiger partial charge in [-0.1, -0.05) is 0 Å². The molecule has 0 fully saturated rings. The molecule has 0 heterocycles. The Bertz CT molecular complexity index is 253. The molecule has 0 radical (unpaired) electrons. The number of carbonyl (C=O) groups excluding carboxylic acids is 1. The highest BCUT2D eigenvalue weighted by atomic mass is 16.4. The molecule has 0 amide bonds. The maximum absolute atomic E-state index is 10.4. The zero-order chi connectivity index (χ0) is 12.5. The quantitative estimate of drug-likeness (QED) is 0.489. The van der Waals surface area contributed by atoms with Crippen molar-refractivity contribution in [3.63, 3.8) is 0 Å². The summed E-state index contributed by atoms with van der Waals surface area (Å²) < 4.78 is 29.1. The van der Waals surface area contributed by atoms with Gasteiger partial charge in [-0.25, -0.2) is 0 Å². The first-order valence-corrected chi connectivity index (χ1v) is 3.13. The number of nitrogens with zero attached hydrogens (tertiary/aromatic N) is 1. The van der Waals surface area contributed by atoms with Gasteiger partial charge in [0.05, 0.1) is 25.3 Å². The number of likely N-dealkylation sites (N-methyl/N-ethyl adjacent to an activating group) is 1. The molecular weight excluding hydrogens is 146 g/mol. The fourth-order valence-electron chi connectivity index (χ4n) is 0.545. The molecule has 0 aliphatic heterocycles. The van der Waals surface area contributed by atoms with Crippen LogP contribution in [-0.4, -0.2) is 50.7 Å². The van der Waals surface area contributed by atoms with Crippen molar-refractivity contribution in [1.29, 1.82) is 1.43 Å². The molecule has 1 N–H and O–H groups in total. The lowest BCUT2D eigenvalue weighted by Gasteiger charge is -2.26. The Morgan fingerprint density at radius 3 is 2.73 bits per heavy atom. The summed E-state index contributed by atoms with van der Waals surface area (Å²) >= 11 is 0. The van der Waals surface area contributed by atoms with E-state index in [1.54, 1.807) is 0 Å². The maximum atomic E-state index is 10.4. The summed E-state index contributed by atoms with van der Waals surface area (Å²) in [6, 6.07) is 0. The predicted molar refractivity (Wildman–Crippen MR) is 38.5 cm³/mol. The van der Waals surface area contributed by atoms with Gasteiger partial charge in [0.25, 0.3) is 0 Å². The Kier molecular flexibility index (Phi) is 1.71. The van der Waals surface area contributed by atoms with Gasteiger partial charge < -0.3 is 19.5 Å². The number of quaternary nitrogens is 1. The number of hydrogen-bond acceptors (Lipinski definition) is 3. The van der Waals surface area contributed by atoms with Crippen molar-refractivity contribution in [2.24, 2.45) is 0 Å². The van der Waals surface area contributed by atoms with Crippen LogP contribution in [0.25, 0.3) is 0 Å². The number of carboxylic acids is 1. The van der Waals surface area contributed by atoms with Gasteiger partial charge in [-0.15, -0.1) is 0 Å². The third-order valence-electron chi connectivity index (χ3n) is 0.765. The molecule has 11 heavy (non-hydrogen) atoms. The Labute approximate surface area is 72.4 Å². The molecule has 0 aromatic rings. The van der Waals surface area contributed by atoms with E-state index in [1.165, 1.54) is 21.1 Å². The molecule has 0 spiro atoms. The molecule has 0 saturated heterocycles. The van der Waals surface area contributed by atoms with E-state index >= 15 is 0 Å². The van der Waals surface area contributed by atoms with Crippen LogP contribution in [0.15, 0.2) is 0 Å². The molecule has 0 saturated carbocycles. The predicted octanol–water partition coefficient (Wildman–Crippen LogP) is -1.81. The molecule has 0 aromatic heterocycles. The lowest BCUT2D eigenvalue weighted by molar-refractivity contribution is -0.873. The summed E-state index contributed by atoms with van der Waals surface area (Å²) in [6.07, 6.45) is -3.50. The molecule has 0 unspecified atom stereocenters. The first kappa shape index (κ1) is 5.11. The van der Waals surface area contributed by atoms with Crippen LogP contribution in [0.1, 0.15) is 10.5 Å². The third kappa shape index (κ3) is 7.29. The monoisotopic (exact) mass is 165 g/mol. The van der Waals surface area contributed by atoms with Gasteiger partial charge in [-0.2, -0.15) is 0 Å². The van der Waals surface area contributed by atoms with Gasteiger partial charge in [0.1, 0.15) is 12.6 Å². The van der Waals surface area contributed by atoms with E-state index in [1.807, 2.05) is 0 Å². The van der Waals surface area contributed by atoms with Crippen LogP contribution in [0.2, 0.25) is 0 Å². The maximum Gasteiger partial charge on any atom is 0.211 e. The molecule has 4 heteroatoms. The van der Waals surface area contributed by atoms with Crippen molar-refractivity contribution in [3.05, 3.63) is 0 Å². The highest BCUT2D eigenvalue weighted by molar-refractivity contribution is 5.64. The molecule has 0 aromatic carbocycles. The summed E-state index contributed by atoms with van der Waals surface area (Å²) in [6.45, 7) is -2.35. The first-order valence-electron chi connectivity index (χ1n) is 5.04. The summed E-state index contributed by atoms with van der Waals surface area (Å²) in [5.41, 5.74) is 0. The van der Waals surface area contributed by atoms with Crippen LogP contribution in [0, 0.1) is 0 Å². The second-order valence-electron chi connectivity index (χ2n) is 3.10. The van der Waals surface area contributed by atoms with Crippen LogP contribution in [0.4, 0.5) is 0 Å². The fourth-order valence-corrected chi connectivity index (χ4v) is 0.545. The lowest BCUT2D eigenvalue weighted by atomic mass is 10.2. The number of aliphatic hydroxyl groups is 1. The van der Waals surface area contributed by atoms with E-state index in [0.717, 1.165) is 0 Å².